The summed E-state index contributed by atoms with van der Waals surface area (Å²) < 4.78 is 7.90. The van der Waals surface area contributed by atoms with E-state index in [2.05, 4.69) is 9.38 Å². The first-order valence-corrected chi connectivity index (χ1v) is 6.16. The van der Waals surface area contributed by atoms with E-state index in [4.69, 9.17) is 10.5 Å². The number of hydrogen-bond donors (Lipinski definition) is 1. The number of nitrogens with two attached hydrogens (primary N) is 1. The molecule has 0 saturated carbocycles. The molecule has 0 amide bonds. The van der Waals surface area contributed by atoms with E-state index in [1.807, 2.05) is 24.5 Å². The lowest BCUT2D eigenvalue weighted by Crippen LogP contribution is -2.14. The summed E-state index contributed by atoms with van der Waals surface area (Å²) in [5.74, 6) is 1.01. The van der Waals surface area contributed by atoms with E-state index in [1.54, 1.807) is 0 Å². The Morgan fingerprint density at radius 2 is 2.41 bits per heavy atom. The van der Waals surface area contributed by atoms with Crippen molar-refractivity contribution in [2.75, 3.05) is 6.61 Å². The molecule has 1 aliphatic rings. The lowest BCUT2D eigenvalue weighted by Gasteiger charge is -2.21. The first kappa shape index (κ1) is 10.7. The Bertz CT molecular complexity index is 514. The summed E-state index contributed by atoms with van der Waals surface area (Å²) in [5, 5.41) is 0. The molecule has 2 aromatic rings. The van der Waals surface area contributed by atoms with Gasteiger partial charge in [-0.05, 0) is 30.9 Å². The fourth-order valence-electron chi connectivity index (χ4n) is 2.46. The predicted octanol–water partition coefficient (Wildman–Crippen LogP) is 2.03. The minimum atomic E-state index is 0.138. The molecule has 2 aromatic heterocycles. The number of nitrogens with zero attached hydrogens (tertiary/aromatic N) is 2. The van der Waals surface area contributed by atoms with Gasteiger partial charge in [-0.2, -0.15) is 0 Å². The van der Waals surface area contributed by atoms with Crippen molar-refractivity contribution in [2.24, 2.45) is 5.73 Å². The second-order valence-electron chi connectivity index (χ2n) is 4.46. The van der Waals surface area contributed by atoms with Crippen LogP contribution in [0.1, 0.15) is 36.8 Å². The quantitative estimate of drug-likeness (QED) is 0.860. The third kappa shape index (κ3) is 1.83. The van der Waals surface area contributed by atoms with Crippen LogP contribution in [-0.4, -0.2) is 16.0 Å². The Kier molecular flexibility index (Phi) is 2.82. The van der Waals surface area contributed by atoms with Gasteiger partial charge < -0.3 is 14.9 Å². The number of aromatic nitrogens is 2. The molecule has 1 aliphatic heterocycles. The molecule has 3 rings (SSSR count). The second kappa shape index (κ2) is 4.47. The van der Waals surface area contributed by atoms with Gasteiger partial charge in [0.1, 0.15) is 11.9 Å². The van der Waals surface area contributed by atoms with Crippen LogP contribution in [0.4, 0.5) is 0 Å². The van der Waals surface area contributed by atoms with Gasteiger partial charge in [0.25, 0.3) is 0 Å². The summed E-state index contributed by atoms with van der Waals surface area (Å²) in [7, 11) is 0. The van der Waals surface area contributed by atoms with E-state index >= 15 is 0 Å². The maximum Gasteiger partial charge on any atom is 0.142 e. The van der Waals surface area contributed by atoms with Crippen LogP contribution < -0.4 is 5.73 Å². The van der Waals surface area contributed by atoms with Gasteiger partial charge in [0, 0.05) is 19.3 Å². The molecule has 17 heavy (non-hydrogen) atoms. The highest BCUT2D eigenvalue weighted by Crippen LogP contribution is 2.28. The molecule has 0 aromatic carbocycles. The summed E-state index contributed by atoms with van der Waals surface area (Å²) in [6.45, 7) is 1.39. The van der Waals surface area contributed by atoms with Crippen molar-refractivity contribution in [3.63, 3.8) is 0 Å². The zero-order valence-electron chi connectivity index (χ0n) is 9.80. The van der Waals surface area contributed by atoms with Crippen molar-refractivity contribution >= 4 is 5.52 Å². The summed E-state index contributed by atoms with van der Waals surface area (Å²) in [6, 6.07) is 4.06. The zero-order valence-corrected chi connectivity index (χ0v) is 9.80. The third-order valence-electron chi connectivity index (χ3n) is 3.37. The Morgan fingerprint density at radius 3 is 3.18 bits per heavy atom. The van der Waals surface area contributed by atoms with Gasteiger partial charge in [-0.3, -0.25) is 0 Å². The molecule has 3 heterocycles. The fourth-order valence-corrected chi connectivity index (χ4v) is 2.46. The Balaban J connectivity index is 2.05. The van der Waals surface area contributed by atoms with Crippen LogP contribution in [0.2, 0.25) is 0 Å². The first-order chi connectivity index (χ1) is 8.40. The summed E-state index contributed by atoms with van der Waals surface area (Å²) in [4.78, 5) is 4.51. The van der Waals surface area contributed by atoms with Gasteiger partial charge in [0.15, 0.2) is 0 Å². The third-order valence-corrected chi connectivity index (χ3v) is 3.37. The molecule has 0 aliphatic carbocycles. The molecule has 4 nitrogen and oxygen atoms in total. The van der Waals surface area contributed by atoms with Crippen molar-refractivity contribution < 1.29 is 4.74 Å². The number of fused-ring (bicyclic) bond motifs is 1. The van der Waals surface area contributed by atoms with E-state index in [-0.39, 0.29) is 6.10 Å². The SMILES string of the molecule is NCc1cccn2c(C3CCCCO3)ncc12. The van der Waals surface area contributed by atoms with Crippen LogP contribution >= 0.6 is 0 Å². The molecule has 2 N–H and O–H groups in total. The largest absolute Gasteiger partial charge is 0.370 e. The van der Waals surface area contributed by atoms with E-state index in [1.165, 1.54) is 6.42 Å². The number of rotatable bonds is 2. The van der Waals surface area contributed by atoms with Crippen LogP contribution in [0.25, 0.3) is 5.52 Å². The molecule has 1 fully saturated rings. The number of pyridine rings is 1. The fraction of sp³-hybridized carbons (Fsp3) is 0.462. The highest BCUT2D eigenvalue weighted by atomic mass is 16.5. The lowest BCUT2D eigenvalue weighted by molar-refractivity contribution is 0.00915. The zero-order chi connectivity index (χ0) is 11.7. The minimum absolute atomic E-state index is 0.138. The molecule has 4 heteroatoms. The predicted molar refractivity (Wildman–Crippen MR) is 65.6 cm³/mol. The summed E-state index contributed by atoms with van der Waals surface area (Å²) in [5.41, 5.74) is 7.95. The standard InChI is InChI=1S/C13H17N3O/c14-8-10-4-3-6-16-11(10)9-15-13(16)12-5-1-2-7-17-12/h3-4,6,9,12H,1-2,5,7-8,14H2. The Labute approximate surface area is 100 Å². The van der Waals surface area contributed by atoms with E-state index in [9.17, 15) is 0 Å². The monoisotopic (exact) mass is 231 g/mol. The van der Waals surface area contributed by atoms with Crippen molar-refractivity contribution in [1.82, 2.24) is 9.38 Å². The smallest absolute Gasteiger partial charge is 0.142 e. The molecule has 1 saturated heterocycles. The van der Waals surface area contributed by atoms with Gasteiger partial charge >= 0.3 is 0 Å². The maximum absolute atomic E-state index is 5.79. The van der Waals surface area contributed by atoms with Gasteiger partial charge in [0.2, 0.25) is 0 Å². The molecule has 90 valence electrons. The highest BCUT2D eigenvalue weighted by molar-refractivity contribution is 5.54. The van der Waals surface area contributed by atoms with Gasteiger partial charge in [0.05, 0.1) is 11.7 Å². The number of ether oxygens (including phenoxy) is 1. The van der Waals surface area contributed by atoms with Crippen molar-refractivity contribution in [3.8, 4) is 0 Å². The van der Waals surface area contributed by atoms with Crippen LogP contribution in [-0.2, 0) is 11.3 Å². The topological polar surface area (TPSA) is 52.5 Å². The molecule has 0 spiro atoms. The number of hydrogen-bond acceptors (Lipinski definition) is 3. The Morgan fingerprint density at radius 1 is 1.47 bits per heavy atom. The van der Waals surface area contributed by atoms with E-state index in [0.717, 1.165) is 36.4 Å². The molecular formula is C13H17N3O. The second-order valence-corrected chi connectivity index (χ2v) is 4.46. The molecule has 0 radical (unpaired) electrons. The van der Waals surface area contributed by atoms with Crippen molar-refractivity contribution in [1.29, 1.82) is 0 Å². The summed E-state index contributed by atoms with van der Waals surface area (Å²) in [6.07, 6.45) is 7.51. The van der Waals surface area contributed by atoms with Crippen LogP contribution in [0.3, 0.4) is 0 Å². The van der Waals surface area contributed by atoms with Gasteiger partial charge in [-0.1, -0.05) is 6.07 Å². The van der Waals surface area contributed by atoms with Gasteiger partial charge in [-0.15, -0.1) is 0 Å². The van der Waals surface area contributed by atoms with Crippen molar-refractivity contribution in [2.45, 2.75) is 31.9 Å². The normalized spacial score (nSPS) is 20.9. The average Bonchev–Trinajstić information content (AvgIpc) is 2.83. The highest BCUT2D eigenvalue weighted by Gasteiger charge is 2.20. The van der Waals surface area contributed by atoms with Crippen LogP contribution in [0.15, 0.2) is 24.5 Å². The van der Waals surface area contributed by atoms with Crippen LogP contribution in [0, 0.1) is 0 Å². The summed E-state index contributed by atoms with van der Waals surface area (Å²) >= 11 is 0. The molecule has 1 atom stereocenters. The van der Waals surface area contributed by atoms with E-state index < -0.39 is 0 Å². The average molecular weight is 231 g/mol. The van der Waals surface area contributed by atoms with Crippen molar-refractivity contribution in [3.05, 3.63) is 35.9 Å². The van der Waals surface area contributed by atoms with Gasteiger partial charge in [-0.25, -0.2) is 4.98 Å². The molecular weight excluding hydrogens is 214 g/mol. The molecule has 1 unspecified atom stereocenters. The minimum Gasteiger partial charge on any atom is -0.370 e. The number of imidazole rings is 1. The first-order valence-electron chi connectivity index (χ1n) is 6.16. The molecule has 0 bridgehead atoms. The maximum atomic E-state index is 5.79. The van der Waals surface area contributed by atoms with E-state index in [0.29, 0.717) is 6.54 Å². The Hall–Kier alpha value is -1.39. The van der Waals surface area contributed by atoms with Crippen LogP contribution in [0.5, 0.6) is 0 Å². The lowest BCUT2D eigenvalue weighted by atomic mass is 10.1.